The lowest BCUT2D eigenvalue weighted by molar-refractivity contribution is -0.385. The molecular formula is C13H8Br2N2O4. The summed E-state index contributed by atoms with van der Waals surface area (Å²) in [6, 6.07) is 9.31. The second kappa shape index (κ2) is 6.23. The summed E-state index contributed by atoms with van der Waals surface area (Å²) in [4.78, 5) is 21.2. The quantitative estimate of drug-likeness (QED) is 0.563. The average Bonchev–Trinajstić information content (AvgIpc) is 2.42. The first-order valence-corrected chi connectivity index (χ1v) is 7.21. The number of nitrogens with one attached hydrogen (secondary N) is 1. The van der Waals surface area contributed by atoms with Crippen molar-refractivity contribution < 1.29 is 14.8 Å². The Morgan fingerprint density at radius 1 is 1.19 bits per heavy atom. The van der Waals surface area contributed by atoms with E-state index in [2.05, 4.69) is 37.2 Å². The molecule has 0 amide bonds. The number of nitrogens with zero attached hydrogens (tertiary/aromatic N) is 1. The molecule has 0 unspecified atom stereocenters. The van der Waals surface area contributed by atoms with Crippen molar-refractivity contribution in [3.05, 3.63) is 61.0 Å². The second-order valence-electron chi connectivity index (χ2n) is 4.02. The Kier molecular flexibility index (Phi) is 4.59. The Morgan fingerprint density at radius 3 is 2.33 bits per heavy atom. The molecule has 2 aromatic rings. The lowest BCUT2D eigenvalue weighted by Crippen LogP contribution is -2.04. The number of rotatable bonds is 4. The molecule has 0 aliphatic carbocycles. The number of carboxylic acids is 1. The number of aromatic carboxylic acids is 1. The monoisotopic (exact) mass is 414 g/mol. The number of hydrogen-bond acceptors (Lipinski definition) is 4. The minimum Gasteiger partial charge on any atom is -0.477 e. The molecule has 0 aliphatic heterocycles. The van der Waals surface area contributed by atoms with Crippen molar-refractivity contribution in [1.82, 2.24) is 0 Å². The fourth-order valence-electron chi connectivity index (χ4n) is 1.71. The minimum atomic E-state index is -1.35. The number of nitro benzene ring substituents is 1. The Bertz CT molecular complexity index is 714. The summed E-state index contributed by atoms with van der Waals surface area (Å²) in [7, 11) is 0. The molecule has 0 bridgehead atoms. The van der Waals surface area contributed by atoms with Crippen molar-refractivity contribution in [2.45, 2.75) is 0 Å². The number of nitro groups is 1. The third-order valence-corrected chi connectivity index (χ3v) is 3.98. The molecule has 8 heteroatoms. The van der Waals surface area contributed by atoms with E-state index in [-0.39, 0.29) is 5.56 Å². The maximum absolute atomic E-state index is 11.1. The van der Waals surface area contributed by atoms with Gasteiger partial charge in [-0.15, -0.1) is 0 Å². The summed E-state index contributed by atoms with van der Waals surface area (Å²) in [6.45, 7) is 0. The fourth-order valence-corrected chi connectivity index (χ4v) is 2.90. The minimum absolute atomic E-state index is 0.367. The van der Waals surface area contributed by atoms with Crippen LogP contribution >= 0.6 is 31.9 Å². The second-order valence-corrected chi connectivity index (χ2v) is 5.72. The average molecular weight is 416 g/mol. The van der Waals surface area contributed by atoms with Crippen LogP contribution in [-0.4, -0.2) is 16.0 Å². The largest absolute Gasteiger partial charge is 0.477 e. The summed E-state index contributed by atoms with van der Waals surface area (Å²) in [5.74, 6) is -1.35. The van der Waals surface area contributed by atoms with Gasteiger partial charge in [0.25, 0.3) is 5.69 Å². The van der Waals surface area contributed by atoms with E-state index in [1.807, 2.05) is 18.2 Å². The number of carbonyl (C=O) groups is 1. The molecule has 6 nitrogen and oxygen atoms in total. The predicted octanol–water partition coefficient (Wildman–Crippen LogP) is 4.56. The van der Waals surface area contributed by atoms with Gasteiger partial charge in [-0.05, 0) is 56.1 Å². The molecule has 2 rings (SSSR count). The fraction of sp³-hybridized carbons (Fsp3) is 0. The van der Waals surface area contributed by atoms with Gasteiger partial charge in [0, 0.05) is 20.7 Å². The molecule has 0 saturated carbocycles. The first-order valence-electron chi connectivity index (χ1n) is 5.63. The Balaban J connectivity index is 2.44. The highest BCUT2D eigenvalue weighted by Crippen LogP contribution is 2.34. The smallest absolute Gasteiger partial charge is 0.342 e. The van der Waals surface area contributed by atoms with E-state index >= 15 is 0 Å². The molecule has 2 N–H and O–H groups in total. The SMILES string of the molecule is O=C(O)c1cc(Nc2c(Br)cccc2Br)ccc1[N+](=O)[O-]. The van der Waals surface area contributed by atoms with Crippen LogP contribution in [0.4, 0.5) is 17.1 Å². The van der Waals surface area contributed by atoms with E-state index < -0.39 is 16.6 Å². The number of hydrogen-bond donors (Lipinski definition) is 2. The predicted molar refractivity (Wildman–Crippen MR) is 85.2 cm³/mol. The first kappa shape index (κ1) is 15.5. The summed E-state index contributed by atoms with van der Waals surface area (Å²) in [6.07, 6.45) is 0. The molecule has 0 spiro atoms. The van der Waals surface area contributed by atoms with Crippen LogP contribution in [0.1, 0.15) is 10.4 Å². The van der Waals surface area contributed by atoms with Crippen LogP contribution in [-0.2, 0) is 0 Å². The van der Waals surface area contributed by atoms with Crippen molar-refractivity contribution in [3.8, 4) is 0 Å². The van der Waals surface area contributed by atoms with Gasteiger partial charge in [0.05, 0.1) is 10.6 Å². The Morgan fingerprint density at radius 2 is 1.81 bits per heavy atom. The molecule has 108 valence electrons. The van der Waals surface area contributed by atoms with Gasteiger partial charge in [-0.25, -0.2) is 4.79 Å². The summed E-state index contributed by atoms with van der Waals surface area (Å²) < 4.78 is 1.54. The number of halogens is 2. The van der Waals surface area contributed by atoms with Crippen molar-refractivity contribution in [2.75, 3.05) is 5.32 Å². The van der Waals surface area contributed by atoms with Crippen LogP contribution < -0.4 is 5.32 Å². The lowest BCUT2D eigenvalue weighted by atomic mass is 10.1. The van der Waals surface area contributed by atoms with E-state index in [0.29, 0.717) is 11.4 Å². The van der Waals surface area contributed by atoms with Crippen molar-refractivity contribution in [3.63, 3.8) is 0 Å². The van der Waals surface area contributed by atoms with Crippen molar-refractivity contribution in [1.29, 1.82) is 0 Å². The van der Waals surface area contributed by atoms with E-state index in [0.717, 1.165) is 15.0 Å². The Labute approximate surface area is 136 Å². The molecule has 0 atom stereocenters. The normalized spacial score (nSPS) is 10.2. The van der Waals surface area contributed by atoms with E-state index in [1.54, 1.807) is 0 Å². The van der Waals surface area contributed by atoms with Gasteiger partial charge in [-0.2, -0.15) is 0 Å². The zero-order valence-electron chi connectivity index (χ0n) is 10.3. The highest BCUT2D eigenvalue weighted by Gasteiger charge is 2.20. The van der Waals surface area contributed by atoms with E-state index in [9.17, 15) is 14.9 Å². The van der Waals surface area contributed by atoms with Gasteiger partial charge in [0.1, 0.15) is 5.56 Å². The maximum atomic E-state index is 11.1. The van der Waals surface area contributed by atoms with Gasteiger partial charge in [0.15, 0.2) is 0 Å². The van der Waals surface area contributed by atoms with Crippen LogP contribution in [0.3, 0.4) is 0 Å². The standard InChI is InChI=1S/C13H8Br2N2O4/c14-9-2-1-3-10(15)12(9)16-7-4-5-11(17(20)21)8(6-7)13(18)19/h1-6,16H,(H,18,19). The van der Waals surface area contributed by atoms with E-state index in [4.69, 9.17) is 5.11 Å². The van der Waals surface area contributed by atoms with E-state index in [1.165, 1.54) is 12.1 Å². The highest BCUT2D eigenvalue weighted by molar-refractivity contribution is 9.11. The third kappa shape index (κ3) is 3.40. The molecule has 0 fully saturated rings. The molecule has 21 heavy (non-hydrogen) atoms. The van der Waals surface area contributed by atoms with Crippen LogP contribution in [0.5, 0.6) is 0 Å². The molecule has 0 aromatic heterocycles. The van der Waals surface area contributed by atoms with Crippen LogP contribution in [0.15, 0.2) is 45.3 Å². The molecule has 2 aromatic carbocycles. The molecular weight excluding hydrogens is 408 g/mol. The highest BCUT2D eigenvalue weighted by atomic mass is 79.9. The van der Waals surface area contributed by atoms with Gasteiger partial charge in [-0.3, -0.25) is 10.1 Å². The summed E-state index contributed by atoms with van der Waals surface area (Å²) >= 11 is 6.75. The van der Waals surface area contributed by atoms with Gasteiger partial charge >= 0.3 is 5.97 Å². The number of benzene rings is 2. The van der Waals surface area contributed by atoms with Gasteiger partial charge in [0.2, 0.25) is 0 Å². The molecule has 0 heterocycles. The molecule has 0 saturated heterocycles. The van der Waals surface area contributed by atoms with Crippen LogP contribution in [0.25, 0.3) is 0 Å². The molecule has 0 radical (unpaired) electrons. The zero-order valence-corrected chi connectivity index (χ0v) is 13.5. The Hall–Kier alpha value is -1.93. The summed E-state index contributed by atoms with van der Waals surface area (Å²) in [5, 5.41) is 22.9. The first-order chi connectivity index (χ1) is 9.90. The number of para-hydroxylation sites is 1. The van der Waals surface area contributed by atoms with Crippen LogP contribution in [0, 0.1) is 10.1 Å². The third-order valence-electron chi connectivity index (χ3n) is 2.66. The van der Waals surface area contributed by atoms with Crippen molar-refractivity contribution in [2.24, 2.45) is 0 Å². The number of carboxylic acid groups (broad SMARTS) is 1. The van der Waals surface area contributed by atoms with Crippen LogP contribution in [0.2, 0.25) is 0 Å². The summed E-state index contributed by atoms with van der Waals surface area (Å²) in [5.41, 5.74) is 0.320. The number of anilines is 2. The zero-order chi connectivity index (χ0) is 15.6. The topological polar surface area (TPSA) is 92.5 Å². The lowest BCUT2D eigenvalue weighted by Gasteiger charge is -2.11. The van der Waals surface area contributed by atoms with Gasteiger partial charge in [-0.1, -0.05) is 6.07 Å². The maximum Gasteiger partial charge on any atom is 0.342 e. The van der Waals surface area contributed by atoms with Crippen molar-refractivity contribution >= 4 is 54.9 Å². The van der Waals surface area contributed by atoms with Gasteiger partial charge < -0.3 is 10.4 Å². The molecule has 0 aliphatic rings.